The number of thiophene rings is 1. The maximum absolute atomic E-state index is 8.52. The van der Waals surface area contributed by atoms with E-state index in [0.717, 1.165) is 11.4 Å². The standard InChI is InChI=1S/C8H10N2OS/c9-4-7-3-8(12-6-7)5-10-1-2-11/h3,6,10-11H,1-2,5H2. The van der Waals surface area contributed by atoms with Crippen LogP contribution in [0.25, 0.3) is 0 Å². The second-order valence-electron chi connectivity index (χ2n) is 2.31. The fourth-order valence-electron chi connectivity index (χ4n) is 0.823. The first-order valence-electron chi connectivity index (χ1n) is 3.66. The largest absolute Gasteiger partial charge is 0.395 e. The summed E-state index contributed by atoms with van der Waals surface area (Å²) in [4.78, 5) is 1.13. The summed E-state index contributed by atoms with van der Waals surface area (Å²) in [5, 5.41) is 21.9. The predicted octanol–water partition coefficient (Wildman–Crippen LogP) is 0.702. The highest BCUT2D eigenvalue weighted by Crippen LogP contribution is 2.12. The molecule has 0 atom stereocenters. The van der Waals surface area contributed by atoms with Crippen LogP contribution in [0.4, 0.5) is 0 Å². The van der Waals surface area contributed by atoms with E-state index in [1.54, 1.807) is 11.3 Å². The zero-order valence-corrected chi connectivity index (χ0v) is 7.40. The quantitative estimate of drug-likeness (QED) is 0.674. The molecule has 0 bridgehead atoms. The molecular weight excluding hydrogens is 172 g/mol. The van der Waals surface area contributed by atoms with E-state index in [9.17, 15) is 0 Å². The van der Waals surface area contributed by atoms with Gasteiger partial charge < -0.3 is 10.4 Å². The van der Waals surface area contributed by atoms with E-state index in [1.165, 1.54) is 0 Å². The van der Waals surface area contributed by atoms with Gasteiger partial charge in [-0.15, -0.1) is 11.3 Å². The molecule has 0 spiro atoms. The van der Waals surface area contributed by atoms with Crippen molar-refractivity contribution in [2.24, 2.45) is 0 Å². The number of nitrogens with zero attached hydrogens (tertiary/aromatic N) is 1. The van der Waals surface area contributed by atoms with Crippen LogP contribution in [0.5, 0.6) is 0 Å². The van der Waals surface area contributed by atoms with Crippen molar-refractivity contribution in [2.45, 2.75) is 6.54 Å². The Morgan fingerprint density at radius 2 is 2.50 bits per heavy atom. The molecule has 12 heavy (non-hydrogen) atoms. The van der Waals surface area contributed by atoms with Crippen LogP contribution in [0.2, 0.25) is 0 Å². The lowest BCUT2D eigenvalue weighted by atomic mass is 10.3. The van der Waals surface area contributed by atoms with E-state index >= 15 is 0 Å². The van der Waals surface area contributed by atoms with Crippen molar-refractivity contribution in [3.63, 3.8) is 0 Å². The third kappa shape index (κ3) is 2.62. The molecule has 0 aliphatic rings. The van der Waals surface area contributed by atoms with Gasteiger partial charge in [0.1, 0.15) is 6.07 Å². The zero-order valence-electron chi connectivity index (χ0n) is 6.58. The van der Waals surface area contributed by atoms with Gasteiger partial charge in [-0.2, -0.15) is 5.26 Å². The second-order valence-corrected chi connectivity index (χ2v) is 3.31. The summed E-state index contributed by atoms with van der Waals surface area (Å²) in [6.07, 6.45) is 0. The van der Waals surface area contributed by atoms with Crippen molar-refractivity contribution in [3.05, 3.63) is 21.9 Å². The first-order valence-corrected chi connectivity index (χ1v) is 4.54. The third-order valence-electron chi connectivity index (χ3n) is 1.37. The molecule has 0 saturated heterocycles. The monoisotopic (exact) mass is 182 g/mol. The first-order chi connectivity index (χ1) is 5.86. The van der Waals surface area contributed by atoms with Crippen molar-refractivity contribution < 1.29 is 5.11 Å². The van der Waals surface area contributed by atoms with Crippen LogP contribution in [0, 0.1) is 11.3 Å². The van der Waals surface area contributed by atoms with E-state index in [-0.39, 0.29) is 6.61 Å². The number of nitrogens with one attached hydrogen (secondary N) is 1. The number of aliphatic hydroxyl groups is 1. The molecule has 0 unspecified atom stereocenters. The topological polar surface area (TPSA) is 56.0 Å². The van der Waals surface area contributed by atoms with Gasteiger partial charge >= 0.3 is 0 Å². The number of nitriles is 1. The van der Waals surface area contributed by atoms with Gasteiger partial charge in [0.25, 0.3) is 0 Å². The van der Waals surface area contributed by atoms with Gasteiger partial charge in [0.15, 0.2) is 0 Å². The zero-order chi connectivity index (χ0) is 8.81. The molecule has 0 amide bonds. The molecule has 0 saturated carbocycles. The summed E-state index contributed by atoms with van der Waals surface area (Å²) in [6, 6.07) is 3.93. The van der Waals surface area contributed by atoms with Crippen LogP contribution in [-0.2, 0) is 6.54 Å². The summed E-state index contributed by atoms with van der Waals surface area (Å²) >= 11 is 1.56. The molecule has 1 heterocycles. The summed E-state index contributed by atoms with van der Waals surface area (Å²) in [5.74, 6) is 0. The van der Waals surface area contributed by atoms with Crippen molar-refractivity contribution >= 4 is 11.3 Å². The maximum atomic E-state index is 8.52. The van der Waals surface area contributed by atoms with Crippen LogP contribution >= 0.6 is 11.3 Å². The molecule has 0 aliphatic heterocycles. The lowest BCUT2D eigenvalue weighted by Gasteiger charge is -1.97. The third-order valence-corrected chi connectivity index (χ3v) is 2.31. The SMILES string of the molecule is N#Cc1csc(CNCCO)c1. The average Bonchev–Trinajstić information content (AvgIpc) is 2.53. The number of hydrogen-bond donors (Lipinski definition) is 2. The lowest BCUT2D eigenvalue weighted by molar-refractivity contribution is 0.292. The smallest absolute Gasteiger partial charge is 0.100 e. The van der Waals surface area contributed by atoms with Crippen molar-refractivity contribution in [3.8, 4) is 6.07 Å². The molecule has 3 nitrogen and oxygen atoms in total. The van der Waals surface area contributed by atoms with Crippen LogP contribution in [0.15, 0.2) is 11.4 Å². The molecule has 4 heteroatoms. The van der Waals surface area contributed by atoms with E-state index < -0.39 is 0 Å². The van der Waals surface area contributed by atoms with Gasteiger partial charge in [0.2, 0.25) is 0 Å². The van der Waals surface area contributed by atoms with Crippen LogP contribution < -0.4 is 5.32 Å². The van der Waals surface area contributed by atoms with Gasteiger partial charge in [-0.3, -0.25) is 0 Å². The summed E-state index contributed by atoms with van der Waals surface area (Å²) < 4.78 is 0. The molecular formula is C8H10N2OS. The lowest BCUT2D eigenvalue weighted by Crippen LogP contribution is -2.16. The Morgan fingerprint density at radius 1 is 1.67 bits per heavy atom. The molecule has 0 aromatic carbocycles. The summed E-state index contributed by atoms with van der Waals surface area (Å²) in [7, 11) is 0. The molecule has 1 aromatic rings. The van der Waals surface area contributed by atoms with Crippen LogP contribution in [0.3, 0.4) is 0 Å². The van der Waals surface area contributed by atoms with Gasteiger partial charge in [-0.1, -0.05) is 0 Å². The summed E-state index contributed by atoms with van der Waals surface area (Å²) in [5.41, 5.74) is 0.709. The highest BCUT2D eigenvalue weighted by atomic mass is 32.1. The van der Waals surface area contributed by atoms with E-state index in [1.807, 2.05) is 11.4 Å². The van der Waals surface area contributed by atoms with Crippen molar-refractivity contribution in [1.82, 2.24) is 5.32 Å². The maximum Gasteiger partial charge on any atom is 0.100 e. The Bertz CT molecular complexity index is 277. The molecule has 1 rings (SSSR count). The van der Waals surface area contributed by atoms with Gasteiger partial charge in [-0.05, 0) is 6.07 Å². The molecule has 1 aromatic heterocycles. The Balaban J connectivity index is 2.38. The fourth-order valence-corrected chi connectivity index (χ4v) is 1.60. The van der Waals surface area contributed by atoms with Gasteiger partial charge in [-0.25, -0.2) is 0 Å². The van der Waals surface area contributed by atoms with Crippen LogP contribution in [-0.4, -0.2) is 18.3 Å². The minimum atomic E-state index is 0.149. The van der Waals surface area contributed by atoms with E-state index in [2.05, 4.69) is 11.4 Å². The van der Waals surface area contributed by atoms with Gasteiger partial charge in [0, 0.05) is 23.3 Å². The Morgan fingerprint density at radius 3 is 3.08 bits per heavy atom. The number of aliphatic hydroxyl groups excluding tert-OH is 1. The van der Waals surface area contributed by atoms with Crippen molar-refractivity contribution in [1.29, 1.82) is 5.26 Å². The number of rotatable bonds is 4. The highest BCUT2D eigenvalue weighted by Gasteiger charge is 1.97. The minimum Gasteiger partial charge on any atom is -0.395 e. The first kappa shape index (κ1) is 9.20. The Hall–Kier alpha value is -0.890. The fraction of sp³-hybridized carbons (Fsp3) is 0.375. The van der Waals surface area contributed by atoms with Crippen LogP contribution in [0.1, 0.15) is 10.4 Å². The highest BCUT2D eigenvalue weighted by molar-refractivity contribution is 7.10. The normalized spacial score (nSPS) is 9.67. The van der Waals surface area contributed by atoms with E-state index in [4.69, 9.17) is 10.4 Å². The molecule has 0 radical (unpaired) electrons. The Labute approximate surface area is 75.3 Å². The predicted molar refractivity (Wildman–Crippen MR) is 47.8 cm³/mol. The van der Waals surface area contributed by atoms with Crippen molar-refractivity contribution in [2.75, 3.05) is 13.2 Å². The van der Waals surface area contributed by atoms with E-state index in [0.29, 0.717) is 12.1 Å². The van der Waals surface area contributed by atoms with Gasteiger partial charge in [0.05, 0.1) is 12.2 Å². The second kappa shape index (κ2) is 4.88. The molecule has 2 N–H and O–H groups in total. The Kier molecular flexibility index (Phi) is 3.74. The molecule has 0 fully saturated rings. The molecule has 0 aliphatic carbocycles. The average molecular weight is 182 g/mol. The molecule has 64 valence electrons. The number of hydrogen-bond acceptors (Lipinski definition) is 4. The minimum absolute atomic E-state index is 0.149. The summed E-state index contributed by atoms with van der Waals surface area (Å²) in [6.45, 7) is 1.48.